The molecule has 0 amide bonds. The van der Waals surface area contributed by atoms with Crippen molar-refractivity contribution in [3.8, 4) is 0 Å². The van der Waals surface area contributed by atoms with E-state index >= 15 is 0 Å². The Labute approximate surface area is 268 Å². The monoisotopic (exact) mass is 620 g/mol. The first kappa shape index (κ1) is 32.2. The second-order valence-electron chi connectivity index (χ2n) is 17.3. The fourth-order valence-corrected chi connectivity index (χ4v) is 12.2. The molecule has 246 valence electrons. The Balaban J connectivity index is 1.29. The van der Waals surface area contributed by atoms with E-state index in [1.54, 1.807) is 5.57 Å². The summed E-state index contributed by atoms with van der Waals surface area (Å²) in [5, 5.41) is 22.9. The van der Waals surface area contributed by atoms with Crippen molar-refractivity contribution in [2.24, 2.45) is 56.7 Å². The summed E-state index contributed by atoms with van der Waals surface area (Å²) in [7, 11) is 0. The average Bonchev–Trinajstić information content (AvgIpc) is 2.97. The molecular weight excluding hydrogens is 568 g/mol. The summed E-state index contributed by atoms with van der Waals surface area (Å²) in [5.74, 6) is 2.28. The summed E-state index contributed by atoms with van der Waals surface area (Å²) in [6.07, 6.45) is 12.6. The number of fused-ring (bicyclic) bond motifs is 7. The Bertz CT molecular complexity index is 1440. The van der Waals surface area contributed by atoms with Gasteiger partial charge in [-0.05, 0) is 109 Å². The SMILES string of the molecule is C[C@@H]1[C@H](C)CC[C@@]2(C)CC[C@]3(C)C(=CC[C@H]4[C@@]5(C)CC[C@H](OC(=O)c6cc([N+](=O)[O-])cc([N+](=O)[O-])c6)C(C)(C)[C@@H]5CC[C@@]43C)[C@H]12. The third-order valence-corrected chi connectivity index (χ3v) is 15.1. The van der Waals surface area contributed by atoms with Crippen LogP contribution in [0.3, 0.4) is 0 Å². The number of carbonyl (C=O) groups is 1. The van der Waals surface area contributed by atoms with Crippen molar-refractivity contribution in [3.05, 3.63) is 55.6 Å². The van der Waals surface area contributed by atoms with Crippen LogP contribution in [0.1, 0.15) is 124 Å². The maximum absolute atomic E-state index is 13.4. The van der Waals surface area contributed by atoms with E-state index in [1.807, 2.05) is 0 Å². The lowest BCUT2D eigenvalue weighted by atomic mass is 9.33. The van der Waals surface area contributed by atoms with Gasteiger partial charge in [-0.2, -0.15) is 0 Å². The van der Waals surface area contributed by atoms with Gasteiger partial charge in [0.25, 0.3) is 11.4 Å². The van der Waals surface area contributed by atoms with Crippen LogP contribution < -0.4 is 0 Å². The van der Waals surface area contributed by atoms with E-state index in [4.69, 9.17) is 4.74 Å². The summed E-state index contributed by atoms with van der Waals surface area (Å²) in [6.45, 7) is 19.7. The highest BCUT2D eigenvalue weighted by Gasteiger charge is 2.68. The predicted molar refractivity (Wildman–Crippen MR) is 174 cm³/mol. The van der Waals surface area contributed by atoms with Crippen molar-refractivity contribution in [3.63, 3.8) is 0 Å². The molecule has 1 aromatic carbocycles. The first-order valence-electron chi connectivity index (χ1n) is 17.2. The molecular formula is C37H52N2O6. The fourth-order valence-electron chi connectivity index (χ4n) is 12.2. The molecule has 8 heteroatoms. The van der Waals surface area contributed by atoms with Crippen molar-refractivity contribution in [1.29, 1.82) is 0 Å². The molecule has 8 nitrogen and oxygen atoms in total. The third-order valence-electron chi connectivity index (χ3n) is 15.1. The van der Waals surface area contributed by atoms with Crippen LogP contribution in [0.5, 0.6) is 0 Å². The van der Waals surface area contributed by atoms with Gasteiger partial charge in [-0.3, -0.25) is 20.2 Å². The molecule has 0 spiro atoms. The van der Waals surface area contributed by atoms with Gasteiger partial charge in [0.05, 0.1) is 21.5 Å². The van der Waals surface area contributed by atoms with Gasteiger partial charge >= 0.3 is 5.97 Å². The van der Waals surface area contributed by atoms with Crippen molar-refractivity contribution >= 4 is 17.3 Å². The standard InChI is InChI=1S/C37H52N2O6/c1-22-11-14-34(5)17-18-36(7)27(31(34)23(22)2)9-10-29-35(6)15-13-30(33(3,4)28(35)12-16-37(29,36)8)45-32(40)24-19-25(38(41)42)21-26(20-24)39(43)44/h9,19-23,28-31H,10-18H2,1-8H3/t22-,23-,28+,29+,30+,31+,34+,35+,36-,37+/m1/s1. The van der Waals surface area contributed by atoms with Gasteiger partial charge in [0.15, 0.2) is 0 Å². The topological polar surface area (TPSA) is 113 Å². The number of hydrogen-bond acceptors (Lipinski definition) is 6. The van der Waals surface area contributed by atoms with Gasteiger partial charge in [-0.1, -0.05) is 67.0 Å². The number of nitro benzene ring substituents is 2. The number of non-ortho nitro benzene ring substituents is 2. The van der Waals surface area contributed by atoms with Crippen molar-refractivity contribution in [2.45, 2.75) is 119 Å². The molecule has 0 bridgehead atoms. The maximum Gasteiger partial charge on any atom is 0.338 e. The molecule has 4 saturated carbocycles. The number of nitro groups is 2. The number of hydrogen-bond donors (Lipinski definition) is 0. The van der Waals surface area contributed by atoms with E-state index < -0.39 is 27.2 Å². The largest absolute Gasteiger partial charge is 0.458 e. The number of ether oxygens (including phenoxy) is 1. The highest BCUT2D eigenvalue weighted by molar-refractivity contribution is 5.91. The number of esters is 1. The van der Waals surface area contributed by atoms with Crippen molar-refractivity contribution in [1.82, 2.24) is 0 Å². The predicted octanol–water partition coefficient (Wildman–Crippen LogP) is 9.71. The van der Waals surface area contributed by atoms with Gasteiger partial charge in [-0.15, -0.1) is 0 Å². The molecule has 5 aliphatic carbocycles. The highest BCUT2D eigenvalue weighted by Crippen LogP contribution is 2.75. The summed E-state index contributed by atoms with van der Waals surface area (Å²) in [4.78, 5) is 34.8. The molecule has 10 atom stereocenters. The van der Waals surface area contributed by atoms with Crippen LogP contribution in [0.2, 0.25) is 0 Å². The Hall–Kier alpha value is -2.77. The van der Waals surface area contributed by atoms with Gasteiger partial charge in [0.1, 0.15) is 6.10 Å². The lowest BCUT2D eigenvalue weighted by molar-refractivity contribution is -0.394. The van der Waals surface area contributed by atoms with Gasteiger partial charge in [-0.25, -0.2) is 4.79 Å². The van der Waals surface area contributed by atoms with Crippen molar-refractivity contribution in [2.75, 3.05) is 0 Å². The molecule has 1 aromatic rings. The summed E-state index contributed by atoms with van der Waals surface area (Å²) in [6, 6.07) is 3.03. The third kappa shape index (κ3) is 4.54. The number of nitrogens with zero attached hydrogens (tertiary/aromatic N) is 2. The van der Waals surface area contributed by atoms with Crippen LogP contribution in [0.15, 0.2) is 29.8 Å². The first-order chi connectivity index (χ1) is 20.9. The minimum absolute atomic E-state index is 0.0843. The molecule has 0 heterocycles. The molecule has 4 fully saturated rings. The number of carbonyl (C=O) groups excluding carboxylic acids is 1. The van der Waals surface area contributed by atoms with Gasteiger partial charge in [0.2, 0.25) is 0 Å². The van der Waals surface area contributed by atoms with Crippen LogP contribution in [0.25, 0.3) is 0 Å². The molecule has 0 aliphatic heterocycles. The Morgan fingerprint density at radius 2 is 1.47 bits per heavy atom. The first-order valence-corrected chi connectivity index (χ1v) is 17.2. The maximum atomic E-state index is 13.4. The summed E-state index contributed by atoms with van der Waals surface area (Å²) in [5.41, 5.74) is 1.20. The lowest BCUT2D eigenvalue weighted by Gasteiger charge is -2.71. The van der Waals surface area contributed by atoms with Crippen molar-refractivity contribution < 1.29 is 19.4 Å². The molecule has 0 aromatic heterocycles. The molecule has 0 N–H and O–H groups in total. The number of allylic oxidation sites excluding steroid dienone is 2. The zero-order valence-electron chi connectivity index (χ0n) is 28.5. The minimum atomic E-state index is -0.733. The fraction of sp³-hybridized carbons (Fsp3) is 0.757. The molecule has 0 unspecified atom stereocenters. The van der Waals surface area contributed by atoms with Gasteiger partial charge < -0.3 is 4.74 Å². The Morgan fingerprint density at radius 3 is 2.09 bits per heavy atom. The zero-order chi connectivity index (χ0) is 32.9. The lowest BCUT2D eigenvalue weighted by Crippen LogP contribution is -2.65. The summed E-state index contributed by atoms with van der Waals surface area (Å²) >= 11 is 0. The van der Waals surface area contributed by atoms with Gasteiger partial charge in [0, 0.05) is 17.5 Å². The second kappa shape index (κ2) is 10.4. The van der Waals surface area contributed by atoms with E-state index in [-0.39, 0.29) is 33.3 Å². The smallest absolute Gasteiger partial charge is 0.338 e. The Morgan fingerprint density at radius 1 is 0.822 bits per heavy atom. The zero-order valence-corrected chi connectivity index (χ0v) is 28.5. The van der Waals surface area contributed by atoms with Crippen LogP contribution in [0, 0.1) is 76.9 Å². The number of rotatable bonds is 4. The van der Waals surface area contributed by atoms with E-state index in [9.17, 15) is 25.0 Å². The molecule has 0 radical (unpaired) electrons. The quantitative estimate of drug-likeness (QED) is 0.143. The van der Waals surface area contributed by atoms with Crippen LogP contribution in [-0.2, 0) is 4.74 Å². The van der Waals surface area contributed by atoms with Crippen LogP contribution in [0.4, 0.5) is 11.4 Å². The molecule has 45 heavy (non-hydrogen) atoms. The van der Waals surface area contributed by atoms with Crippen LogP contribution in [-0.4, -0.2) is 21.9 Å². The highest BCUT2D eigenvalue weighted by atomic mass is 16.6. The number of benzene rings is 1. The van der Waals surface area contributed by atoms with E-state index in [0.29, 0.717) is 35.5 Å². The normalized spacial score (nSPS) is 43.4. The van der Waals surface area contributed by atoms with Crippen LogP contribution >= 0.6 is 0 Å². The Kier molecular flexibility index (Phi) is 7.41. The second-order valence-corrected chi connectivity index (χ2v) is 17.3. The molecule has 5 aliphatic rings. The van der Waals surface area contributed by atoms with E-state index in [1.165, 1.54) is 25.7 Å². The molecule has 6 rings (SSSR count). The van der Waals surface area contributed by atoms with E-state index in [0.717, 1.165) is 49.8 Å². The van der Waals surface area contributed by atoms with E-state index in [2.05, 4.69) is 61.5 Å². The minimum Gasteiger partial charge on any atom is -0.458 e. The molecule has 0 saturated heterocycles. The summed E-state index contributed by atoms with van der Waals surface area (Å²) < 4.78 is 6.12. The average molecular weight is 621 g/mol.